The van der Waals surface area contributed by atoms with Crippen LogP contribution in [-0.2, 0) is 6.54 Å². The fourth-order valence-electron chi connectivity index (χ4n) is 2.94. The highest BCUT2D eigenvalue weighted by molar-refractivity contribution is 5.92. The summed E-state index contributed by atoms with van der Waals surface area (Å²) < 4.78 is 0. The average Bonchev–Trinajstić information content (AvgIpc) is 2.70. The third kappa shape index (κ3) is 4.55. The van der Waals surface area contributed by atoms with Crippen LogP contribution in [0.5, 0.6) is 0 Å². The molecule has 5 nitrogen and oxygen atoms in total. The van der Waals surface area contributed by atoms with Crippen molar-refractivity contribution in [3.8, 4) is 0 Å². The second-order valence-corrected chi connectivity index (χ2v) is 7.17. The van der Waals surface area contributed by atoms with Gasteiger partial charge in [-0.1, -0.05) is 42.5 Å². The topological polar surface area (TPSA) is 58.1 Å². The van der Waals surface area contributed by atoms with Crippen molar-refractivity contribution in [2.24, 2.45) is 0 Å². The number of carbonyl (C=O) groups excluding carboxylic acids is 1. The van der Waals surface area contributed by atoms with E-state index in [0.717, 1.165) is 11.3 Å². The van der Waals surface area contributed by atoms with Crippen LogP contribution in [0, 0.1) is 13.8 Å². The van der Waals surface area contributed by atoms with Gasteiger partial charge in [-0.05, 0) is 50.5 Å². The molecule has 0 spiro atoms. The van der Waals surface area contributed by atoms with E-state index >= 15 is 0 Å². The summed E-state index contributed by atoms with van der Waals surface area (Å²) in [5.41, 5.74) is 4.79. The fourth-order valence-corrected chi connectivity index (χ4v) is 2.94. The predicted molar refractivity (Wildman–Crippen MR) is 113 cm³/mol. The molecule has 3 rings (SSSR count). The van der Waals surface area contributed by atoms with Crippen molar-refractivity contribution in [3.05, 3.63) is 83.3 Å². The molecule has 1 amide bonds. The monoisotopic (exact) mass is 374 g/mol. The molecule has 1 heterocycles. The van der Waals surface area contributed by atoms with Crippen LogP contribution in [0.1, 0.15) is 41.0 Å². The number of hydrogen-bond donors (Lipinski definition) is 1. The number of hydrogen-bond acceptors (Lipinski definition) is 4. The van der Waals surface area contributed by atoms with Gasteiger partial charge in [0.2, 0.25) is 0 Å². The van der Waals surface area contributed by atoms with Gasteiger partial charge in [-0.15, -0.1) is 0 Å². The molecule has 0 saturated carbocycles. The van der Waals surface area contributed by atoms with E-state index in [0.29, 0.717) is 18.1 Å². The second kappa shape index (κ2) is 8.65. The highest BCUT2D eigenvalue weighted by Gasteiger charge is 2.20. The van der Waals surface area contributed by atoms with Crippen LogP contribution in [0.4, 0.5) is 11.5 Å². The van der Waals surface area contributed by atoms with Crippen molar-refractivity contribution in [2.75, 3.05) is 5.32 Å². The number of carbonyl (C=O) groups is 1. The molecular weight excluding hydrogens is 348 g/mol. The van der Waals surface area contributed by atoms with Crippen LogP contribution < -0.4 is 5.32 Å². The Hall–Kier alpha value is -3.21. The Kier molecular flexibility index (Phi) is 6.04. The van der Waals surface area contributed by atoms with Crippen molar-refractivity contribution >= 4 is 17.4 Å². The van der Waals surface area contributed by atoms with E-state index in [1.165, 1.54) is 17.3 Å². The third-order valence-electron chi connectivity index (χ3n) is 4.82. The van der Waals surface area contributed by atoms with Crippen LogP contribution in [0.25, 0.3) is 0 Å². The van der Waals surface area contributed by atoms with E-state index in [-0.39, 0.29) is 11.9 Å². The van der Waals surface area contributed by atoms with Gasteiger partial charge in [0.25, 0.3) is 5.91 Å². The molecule has 0 atom stereocenters. The Labute approximate surface area is 166 Å². The minimum atomic E-state index is -0.121. The lowest BCUT2D eigenvalue weighted by atomic mass is 10.1. The molecule has 0 unspecified atom stereocenters. The molecule has 0 aliphatic rings. The summed E-state index contributed by atoms with van der Waals surface area (Å²) in [7, 11) is 0. The molecule has 3 aromatic rings. The Balaban J connectivity index is 1.75. The summed E-state index contributed by atoms with van der Waals surface area (Å²) in [4.78, 5) is 23.5. The molecule has 0 saturated heterocycles. The summed E-state index contributed by atoms with van der Waals surface area (Å²) in [5.74, 6) is 0.494. The number of aromatic nitrogens is 2. The standard InChI is InChI=1S/C23H26N4O/c1-16(2)27(15-19-10-6-5-7-11-19)23(28)21-13-25-22(14-24-21)26-20-12-8-9-17(3)18(20)4/h5-14,16H,15H2,1-4H3,(H,25,26). The van der Waals surface area contributed by atoms with E-state index in [1.807, 2.05) is 56.3 Å². The molecule has 5 heteroatoms. The smallest absolute Gasteiger partial charge is 0.274 e. The number of benzene rings is 2. The zero-order valence-corrected chi connectivity index (χ0v) is 16.8. The first-order chi connectivity index (χ1) is 13.5. The summed E-state index contributed by atoms with van der Waals surface area (Å²) in [6, 6.07) is 16.1. The number of anilines is 2. The van der Waals surface area contributed by atoms with Crippen LogP contribution in [0.2, 0.25) is 0 Å². The van der Waals surface area contributed by atoms with Gasteiger partial charge in [0.1, 0.15) is 11.5 Å². The van der Waals surface area contributed by atoms with Crippen molar-refractivity contribution in [1.82, 2.24) is 14.9 Å². The molecule has 0 fully saturated rings. The molecule has 0 aliphatic carbocycles. The van der Waals surface area contributed by atoms with Gasteiger partial charge in [-0.25, -0.2) is 9.97 Å². The van der Waals surface area contributed by atoms with Crippen LogP contribution >= 0.6 is 0 Å². The zero-order valence-electron chi connectivity index (χ0n) is 16.8. The maximum atomic E-state index is 13.0. The normalized spacial score (nSPS) is 10.8. The van der Waals surface area contributed by atoms with Crippen LogP contribution in [-0.4, -0.2) is 26.8 Å². The highest BCUT2D eigenvalue weighted by atomic mass is 16.2. The lowest BCUT2D eigenvalue weighted by Gasteiger charge is -2.26. The highest BCUT2D eigenvalue weighted by Crippen LogP contribution is 2.21. The molecule has 0 aliphatic heterocycles. The van der Waals surface area contributed by atoms with Gasteiger partial charge < -0.3 is 10.2 Å². The Morgan fingerprint density at radius 2 is 1.75 bits per heavy atom. The molecule has 1 aromatic heterocycles. The molecule has 2 aromatic carbocycles. The first-order valence-corrected chi connectivity index (χ1v) is 9.46. The largest absolute Gasteiger partial charge is 0.339 e. The van der Waals surface area contributed by atoms with Crippen molar-refractivity contribution in [1.29, 1.82) is 0 Å². The number of rotatable bonds is 6. The maximum Gasteiger partial charge on any atom is 0.274 e. The van der Waals surface area contributed by atoms with E-state index in [2.05, 4.69) is 35.2 Å². The van der Waals surface area contributed by atoms with Crippen molar-refractivity contribution in [3.63, 3.8) is 0 Å². The molecular formula is C23H26N4O. The first-order valence-electron chi connectivity index (χ1n) is 9.46. The summed E-state index contributed by atoms with van der Waals surface area (Å²) in [6.45, 7) is 8.69. The quantitative estimate of drug-likeness (QED) is 0.667. The molecule has 1 N–H and O–H groups in total. The number of nitrogens with zero attached hydrogens (tertiary/aromatic N) is 3. The van der Waals surface area contributed by atoms with Gasteiger partial charge in [0.05, 0.1) is 12.4 Å². The van der Waals surface area contributed by atoms with Gasteiger partial charge in [-0.2, -0.15) is 0 Å². The minimum Gasteiger partial charge on any atom is -0.339 e. The van der Waals surface area contributed by atoms with Crippen LogP contribution in [0.3, 0.4) is 0 Å². The van der Waals surface area contributed by atoms with Gasteiger partial charge in [0, 0.05) is 18.3 Å². The Morgan fingerprint density at radius 3 is 2.39 bits per heavy atom. The number of amides is 1. The summed E-state index contributed by atoms with van der Waals surface area (Å²) >= 11 is 0. The third-order valence-corrected chi connectivity index (χ3v) is 4.82. The summed E-state index contributed by atoms with van der Waals surface area (Å²) in [6.07, 6.45) is 3.15. The molecule has 144 valence electrons. The van der Waals surface area contributed by atoms with E-state index < -0.39 is 0 Å². The fraction of sp³-hybridized carbons (Fsp3) is 0.261. The SMILES string of the molecule is Cc1cccc(Nc2cnc(C(=O)N(Cc3ccccc3)C(C)C)cn2)c1C. The lowest BCUT2D eigenvalue weighted by Crippen LogP contribution is -2.36. The minimum absolute atomic E-state index is 0.0576. The van der Waals surface area contributed by atoms with Crippen molar-refractivity contribution < 1.29 is 4.79 Å². The summed E-state index contributed by atoms with van der Waals surface area (Å²) in [5, 5.41) is 3.27. The average molecular weight is 374 g/mol. The van der Waals surface area contributed by atoms with Crippen LogP contribution in [0.15, 0.2) is 60.9 Å². The molecule has 0 radical (unpaired) electrons. The van der Waals surface area contributed by atoms with Gasteiger partial charge in [0.15, 0.2) is 0 Å². The van der Waals surface area contributed by atoms with Gasteiger partial charge in [-0.3, -0.25) is 4.79 Å². The van der Waals surface area contributed by atoms with E-state index in [1.54, 1.807) is 11.1 Å². The lowest BCUT2D eigenvalue weighted by molar-refractivity contribution is 0.0684. The Bertz CT molecular complexity index is 937. The maximum absolute atomic E-state index is 13.0. The van der Waals surface area contributed by atoms with Gasteiger partial charge >= 0.3 is 0 Å². The number of nitrogens with one attached hydrogen (secondary N) is 1. The number of aryl methyl sites for hydroxylation is 1. The zero-order chi connectivity index (χ0) is 20.1. The first kappa shape index (κ1) is 19.5. The van der Waals surface area contributed by atoms with Crippen molar-refractivity contribution in [2.45, 2.75) is 40.3 Å². The Morgan fingerprint density at radius 1 is 1.00 bits per heavy atom. The second-order valence-electron chi connectivity index (χ2n) is 7.17. The predicted octanol–water partition coefficient (Wildman–Crippen LogP) is 4.89. The molecule has 28 heavy (non-hydrogen) atoms. The van der Waals surface area contributed by atoms with E-state index in [4.69, 9.17) is 0 Å². The molecule has 0 bridgehead atoms. The van der Waals surface area contributed by atoms with E-state index in [9.17, 15) is 4.79 Å².